The molecule has 0 saturated carbocycles. The fraction of sp³-hybridized carbons (Fsp3) is 0.200. The zero-order valence-electron chi connectivity index (χ0n) is 20.6. The fourth-order valence-electron chi connectivity index (χ4n) is 6.56. The largest absolute Gasteiger partial charge is 0.508 e. The molecule has 0 aromatic heterocycles. The van der Waals surface area contributed by atoms with E-state index < -0.39 is 17.8 Å². The van der Waals surface area contributed by atoms with Gasteiger partial charge in [-0.15, -0.1) is 0 Å². The zero-order chi connectivity index (χ0) is 26.9. The van der Waals surface area contributed by atoms with Crippen molar-refractivity contribution < 1.29 is 40.1 Å². The van der Waals surface area contributed by atoms with Crippen molar-refractivity contribution in [3.8, 4) is 46.0 Å². The van der Waals surface area contributed by atoms with Crippen LogP contribution in [-0.2, 0) is 0 Å². The monoisotopic (exact) mass is 514 g/mol. The third kappa shape index (κ3) is 3.30. The summed E-state index contributed by atoms with van der Waals surface area (Å²) in [6.07, 6.45) is 0. The summed E-state index contributed by atoms with van der Waals surface area (Å²) in [5, 5.41) is 63.9. The summed E-state index contributed by atoms with van der Waals surface area (Å²) in [6.45, 7) is 0. The number of ether oxygens (including phenoxy) is 2. The minimum Gasteiger partial charge on any atom is -0.508 e. The van der Waals surface area contributed by atoms with Gasteiger partial charge in [-0.05, 0) is 58.7 Å². The van der Waals surface area contributed by atoms with Gasteiger partial charge in [-0.1, -0.05) is 12.1 Å². The minimum atomic E-state index is -0.544. The van der Waals surface area contributed by atoms with Gasteiger partial charge < -0.3 is 40.1 Å². The SMILES string of the molecule is COc1cc(C2[C@@H]3c4cc(O)cc(O)c4[C@H](c4ccc(O)c(OC)c4)[C@H]2c2c(O)cc(O)cc23)ccc1O. The molecular formula is C30H26O8. The van der Waals surface area contributed by atoms with Crippen molar-refractivity contribution in [2.24, 2.45) is 0 Å². The molecule has 0 spiro atoms. The first-order valence-corrected chi connectivity index (χ1v) is 12.1. The Labute approximate surface area is 218 Å². The Balaban J connectivity index is 1.72. The summed E-state index contributed by atoms with van der Waals surface area (Å²) < 4.78 is 10.8. The first-order valence-electron chi connectivity index (χ1n) is 12.1. The van der Waals surface area contributed by atoms with Gasteiger partial charge in [0.2, 0.25) is 0 Å². The molecular weight excluding hydrogens is 488 g/mol. The molecule has 0 aliphatic heterocycles. The van der Waals surface area contributed by atoms with Crippen LogP contribution in [0.15, 0.2) is 60.7 Å². The molecule has 4 atom stereocenters. The Hall–Kier alpha value is -4.72. The molecule has 0 heterocycles. The van der Waals surface area contributed by atoms with Crippen LogP contribution in [0.2, 0.25) is 0 Å². The first-order chi connectivity index (χ1) is 18.2. The normalized spacial score (nSPS) is 21.0. The fourth-order valence-corrected chi connectivity index (χ4v) is 6.56. The van der Waals surface area contributed by atoms with Gasteiger partial charge in [0.05, 0.1) is 14.2 Å². The number of fused-ring (bicyclic) bond motifs is 7. The van der Waals surface area contributed by atoms with Crippen LogP contribution in [0, 0.1) is 0 Å². The Morgan fingerprint density at radius 1 is 0.500 bits per heavy atom. The quantitative estimate of drug-likeness (QED) is 0.221. The highest BCUT2D eigenvalue weighted by molar-refractivity contribution is 5.69. The van der Waals surface area contributed by atoms with Crippen LogP contribution >= 0.6 is 0 Å². The number of hydrogen-bond acceptors (Lipinski definition) is 8. The van der Waals surface area contributed by atoms with Crippen LogP contribution in [0.5, 0.6) is 46.0 Å². The number of phenols is 6. The van der Waals surface area contributed by atoms with Crippen molar-refractivity contribution in [1.29, 1.82) is 0 Å². The van der Waals surface area contributed by atoms with E-state index in [0.717, 1.165) is 5.56 Å². The Bertz CT molecular complexity index is 1590. The molecule has 6 rings (SSSR count). The second-order valence-corrected chi connectivity index (χ2v) is 9.81. The van der Waals surface area contributed by atoms with Crippen molar-refractivity contribution in [3.63, 3.8) is 0 Å². The standard InChI is InChI=1S/C30H26O8/c1-37-23-7-13(3-5-19(23)33)25-27-17-9-15(31)11-21(35)28(17)26(14-4-6-20(34)24(8-14)38-2)30(25)29-18(27)10-16(32)12-22(29)36/h3-12,25-27,30-36H,1-2H3/t25?,26-,27+,30-/m0/s1. The van der Waals surface area contributed by atoms with E-state index in [1.807, 2.05) is 0 Å². The van der Waals surface area contributed by atoms with Crippen molar-refractivity contribution in [3.05, 3.63) is 94.0 Å². The molecule has 4 aromatic carbocycles. The molecule has 2 aliphatic carbocycles. The lowest BCUT2D eigenvalue weighted by atomic mass is 9.63. The van der Waals surface area contributed by atoms with Gasteiger partial charge in [-0.3, -0.25) is 0 Å². The van der Waals surface area contributed by atoms with E-state index in [9.17, 15) is 30.6 Å². The molecule has 194 valence electrons. The maximum absolute atomic E-state index is 11.2. The van der Waals surface area contributed by atoms with E-state index in [2.05, 4.69) is 0 Å². The van der Waals surface area contributed by atoms with E-state index in [0.29, 0.717) is 27.8 Å². The highest BCUT2D eigenvalue weighted by Gasteiger charge is 2.54. The maximum atomic E-state index is 11.2. The van der Waals surface area contributed by atoms with Crippen LogP contribution < -0.4 is 9.47 Å². The lowest BCUT2D eigenvalue weighted by Gasteiger charge is -2.40. The minimum absolute atomic E-state index is 0.0204. The van der Waals surface area contributed by atoms with Crippen molar-refractivity contribution in [2.45, 2.75) is 23.7 Å². The average Bonchev–Trinajstić information content (AvgIpc) is 3.15. The smallest absolute Gasteiger partial charge is 0.160 e. The summed E-state index contributed by atoms with van der Waals surface area (Å²) in [5.41, 5.74) is 4.00. The van der Waals surface area contributed by atoms with E-state index in [1.165, 1.54) is 32.4 Å². The molecule has 8 heteroatoms. The van der Waals surface area contributed by atoms with Gasteiger partial charge in [0.25, 0.3) is 0 Å². The lowest BCUT2D eigenvalue weighted by Crippen LogP contribution is -2.26. The Kier molecular flexibility index (Phi) is 5.24. The second-order valence-electron chi connectivity index (χ2n) is 9.81. The summed E-state index contributed by atoms with van der Waals surface area (Å²) in [7, 11) is 2.91. The predicted octanol–water partition coefficient (Wildman–Crippen LogP) is 5.10. The van der Waals surface area contributed by atoms with E-state index in [1.54, 1.807) is 42.5 Å². The van der Waals surface area contributed by atoms with Crippen LogP contribution in [0.1, 0.15) is 57.1 Å². The summed E-state index contributed by atoms with van der Waals surface area (Å²) in [6, 6.07) is 15.8. The van der Waals surface area contributed by atoms with Gasteiger partial charge >= 0.3 is 0 Å². The van der Waals surface area contributed by atoms with Crippen molar-refractivity contribution in [2.75, 3.05) is 14.2 Å². The van der Waals surface area contributed by atoms with E-state index in [4.69, 9.17) is 9.47 Å². The van der Waals surface area contributed by atoms with Crippen LogP contribution in [0.4, 0.5) is 0 Å². The third-order valence-electron chi connectivity index (χ3n) is 7.92. The molecule has 2 bridgehead atoms. The molecule has 0 saturated heterocycles. The molecule has 6 N–H and O–H groups in total. The van der Waals surface area contributed by atoms with Crippen LogP contribution in [-0.4, -0.2) is 44.9 Å². The zero-order valence-corrected chi connectivity index (χ0v) is 20.6. The molecule has 0 fully saturated rings. The van der Waals surface area contributed by atoms with Gasteiger partial charge in [0, 0.05) is 46.9 Å². The highest BCUT2D eigenvalue weighted by Crippen LogP contribution is 2.69. The molecule has 0 radical (unpaired) electrons. The predicted molar refractivity (Wildman–Crippen MR) is 138 cm³/mol. The van der Waals surface area contributed by atoms with E-state index >= 15 is 0 Å². The molecule has 38 heavy (non-hydrogen) atoms. The van der Waals surface area contributed by atoms with Gasteiger partial charge in [-0.2, -0.15) is 0 Å². The molecule has 2 aliphatic rings. The van der Waals surface area contributed by atoms with Crippen LogP contribution in [0.25, 0.3) is 0 Å². The summed E-state index contributed by atoms with van der Waals surface area (Å²) >= 11 is 0. The summed E-state index contributed by atoms with van der Waals surface area (Å²) in [4.78, 5) is 0. The number of methoxy groups -OCH3 is 2. The number of aromatic hydroxyl groups is 6. The lowest BCUT2D eigenvalue weighted by molar-refractivity contribution is 0.368. The molecule has 4 aromatic rings. The Morgan fingerprint density at radius 3 is 1.58 bits per heavy atom. The molecule has 0 amide bonds. The topological polar surface area (TPSA) is 140 Å². The van der Waals surface area contributed by atoms with Gasteiger partial charge in [0.1, 0.15) is 23.0 Å². The number of rotatable bonds is 4. The Morgan fingerprint density at radius 2 is 1.00 bits per heavy atom. The van der Waals surface area contributed by atoms with Crippen LogP contribution in [0.3, 0.4) is 0 Å². The number of hydrogen-bond donors (Lipinski definition) is 6. The third-order valence-corrected chi connectivity index (χ3v) is 7.92. The van der Waals surface area contributed by atoms with Gasteiger partial charge in [-0.25, -0.2) is 0 Å². The van der Waals surface area contributed by atoms with Gasteiger partial charge in [0.15, 0.2) is 23.0 Å². The number of phenolic OH excluding ortho intramolecular Hbond substituents is 6. The molecule has 1 unspecified atom stereocenters. The second kappa shape index (κ2) is 8.41. The van der Waals surface area contributed by atoms with Crippen molar-refractivity contribution in [1.82, 2.24) is 0 Å². The highest BCUT2D eigenvalue weighted by atomic mass is 16.5. The summed E-state index contributed by atoms with van der Waals surface area (Å²) in [5.74, 6) is -1.73. The number of benzene rings is 4. The van der Waals surface area contributed by atoms with Crippen molar-refractivity contribution >= 4 is 0 Å². The van der Waals surface area contributed by atoms with E-state index in [-0.39, 0.29) is 51.9 Å². The first kappa shape index (κ1) is 23.7. The maximum Gasteiger partial charge on any atom is 0.160 e. The molecule has 8 nitrogen and oxygen atoms in total. The average molecular weight is 515 g/mol.